The Kier molecular flexibility index (Phi) is 20.3. The maximum Gasteiger partial charge on any atom is 0.481 e. The second kappa shape index (κ2) is 24.2. The number of hydrogen-bond donors (Lipinski definition) is 9. The van der Waals surface area contributed by atoms with Crippen LogP contribution in [0.2, 0.25) is 0 Å². The van der Waals surface area contributed by atoms with Gasteiger partial charge < -0.3 is 50.9 Å². The van der Waals surface area contributed by atoms with Crippen LogP contribution in [0.25, 0.3) is 11.2 Å². The number of ketones is 2. The summed E-state index contributed by atoms with van der Waals surface area (Å²) in [7, 11) is -16.5. The molecule has 4 rings (SSSR count). The molecule has 7 unspecified atom stereocenters. The summed E-state index contributed by atoms with van der Waals surface area (Å²) in [6, 6.07) is 8.19. The lowest BCUT2D eigenvalue weighted by Crippen LogP contribution is -2.46. The molecule has 7 atom stereocenters. The van der Waals surface area contributed by atoms with E-state index < -0.39 is 90.0 Å². The summed E-state index contributed by atoms with van der Waals surface area (Å²) < 4.78 is 62.6. The number of ether oxygens (including phenoxy) is 1. The van der Waals surface area contributed by atoms with Gasteiger partial charge in [-0.1, -0.05) is 65.8 Å². The molecule has 392 valence electrons. The highest BCUT2D eigenvalue weighted by Gasteiger charge is 2.50. The first-order chi connectivity index (χ1) is 32.3. The highest BCUT2D eigenvalue weighted by Crippen LogP contribution is 2.61. The van der Waals surface area contributed by atoms with Gasteiger partial charge in [0.25, 0.3) is 0 Å². The number of carbonyl (C=O) groups is 4. The van der Waals surface area contributed by atoms with Crippen LogP contribution in [0.15, 0.2) is 36.9 Å². The Labute approximate surface area is 405 Å². The van der Waals surface area contributed by atoms with Gasteiger partial charge >= 0.3 is 23.5 Å². The van der Waals surface area contributed by atoms with E-state index in [1.165, 1.54) is 25.0 Å². The third kappa shape index (κ3) is 17.1. The minimum Gasteiger partial charge on any atom is -0.386 e. The number of rotatable bonds is 29. The van der Waals surface area contributed by atoms with E-state index in [9.17, 15) is 62.7 Å². The van der Waals surface area contributed by atoms with Crippen LogP contribution >= 0.6 is 23.5 Å². The van der Waals surface area contributed by atoms with Gasteiger partial charge in [0.05, 0.1) is 19.5 Å². The average molecular weight is 1050 g/mol. The summed E-state index contributed by atoms with van der Waals surface area (Å²) >= 11 is 0. The van der Waals surface area contributed by atoms with Crippen molar-refractivity contribution in [1.29, 1.82) is 0 Å². The Morgan fingerprint density at radius 2 is 1.44 bits per heavy atom. The zero-order valence-electron chi connectivity index (χ0n) is 40.1. The Hall–Kier alpha value is -3.90. The monoisotopic (exact) mass is 1050 g/mol. The minimum absolute atomic E-state index is 0.0257. The minimum atomic E-state index is -5.60. The first-order valence-electron chi connectivity index (χ1n) is 22.3. The third-order valence-corrected chi connectivity index (χ3v) is 15.2. The van der Waals surface area contributed by atoms with Crippen molar-refractivity contribution in [3.63, 3.8) is 0 Å². The molecule has 1 aliphatic rings. The zero-order chi connectivity index (χ0) is 52.5. The lowest BCUT2D eigenvalue weighted by Gasteiger charge is -2.30. The van der Waals surface area contributed by atoms with Crippen LogP contribution in [0.5, 0.6) is 0 Å². The molecule has 25 nitrogen and oxygen atoms in total. The molecule has 0 spiro atoms. The second-order valence-corrected chi connectivity index (χ2v) is 23.3. The molecular weight excluding hydrogens is 983 g/mol. The van der Waals surface area contributed by atoms with Gasteiger partial charge in [0.1, 0.15) is 47.8 Å². The highest BCUT2D eigenvalue weighted by atomic mass is 31.3. The molecule has 2 amide bonds. The van der Waals surface area contributed by atoms with Gasteiger partial charge in [-0.25, -0.2) is 28.6 Å². The number of benzene rings is 1. The number of aryl methyl sites for hydroxylation is 2. The molecule has 28 heteroatoms. The molecule has 0 bridgehead atoms. The summed E-state index contributed by atoms with van der Waals surface area (Å²) in [6.45, 7) is 9.58. The SMILES string of the molecule is CC(=O)C(C)(C)CCCc1ccccc1CCCC(C)(C)C(=O)CCNC(=O)CCNC(=O)C(O)C(C)(C)COP(=O)(O)OP(=O)(O)OCC1OC(n2cnc3c(N)ncnc32)C(O)C1OP(=O)(O)O. The molecule has 1 fully saturated rings. The Bertz CT molecular complexity index is 2460. The number of aliphatic hydroxyl groups is 2. The molecule has 2 aromatic heterocycles. The maximum absolute atomic E-state index is 13.1. The summed E-state index contributed by atoms with van der Waals surface area (Å²) in [4.78, 5) is 102. The topological polar surface area (TPSA) is 381 Å². The predicted molar refractivity (Wildman–Crippen MR) is 250 cm³/mol. The van der Waals surface area contributed by atoms with Crippen LogP contribution in [0, 0.1) is 16.2 Å². The fraction of sp³-hybridized carbons (Fsp3) is 0.643. The number of nitrogens with one attached hydrogen (secondary N) is 2. The van der Waals surface area contributed by atoms with E-state index in [2.05, 4.69) is 46.6 Å². The third-order valence-electron chi connectivity index (χ3n) is 12.1. The number of amides is 2. The van der Waals surface area contributed by atoms with Crippen LogP contribution in [-0.4, -0.2) is 123 Å². The molecule has 3 aromatic rings. The van der Waals surface area contributed by atoms with Gasteiger partial charge in [0.15, 0.2) is 17.7 Å². The molecule has 1 aromatic carbocycles. The number of aromatic nitrogens is 4. The number of aliphatic hydroxyl groups excluding tert-OH is 2. The number of anilines is 1. The van der Waals surface area contributed by atoms with Crippen LogP contribution in [0.3, 0.4) is 0 Å². The maximum atomic E-state index is 13.1. The van der Waals surface area contributed by atoms with E-state index in [1.54, 1.807) is 6.92 Å². The van der Waals surface area contributed by atoms with E-state index >= 15 is 0 Å². The number of hydrogen-bond acceptors (Lipinski definition) is 18. The number of phosphoric acid groups is 3. The van der Waals surface area contributed by atoms with Gasteiger partial charge in [0.2, 0.25) is 11.8 Å². The molecule has 3 heterocycles. The number of nitrogens with zero attached hydrogens (tertiary/aromatic N) is 4. The van der Waals surface area contributed by atoms with Gasteiger partial charge in [-0.05, 0) is 56.6 Å². The number of phosphoric ester groups is 3. The normalized spacial score (nSPS) is 20.1. The van der Waals surface area contributed by atoms with Crippen LogP contribution in [-0.2, 0) is 68.3 Å². The largest absolute Gasteiger partial charge is 0.481 e. The van der Waals surface area contributed by atoms with Gasteiger partial charge in [0, 0.05) is 42.2 Å². The summed E-state index contributed by atoms with van der Waals surface area (Å²) in [5.74, 6) is -1.37. The van der Waals surface area contributed by atoms with Crippen molar-refractivity contribution in [2.45, 2.75) is 130 Å². The summed E-state index contributed by atoms with van der Waals surface area (Å²) in [6.07, 6.45) is -2.20. The quantitative estimate of drug-likeness (QED) is 0.0450. The Morgan fingerprint density at radius 1 is 0.857 bits per heavy atom. The average Bonchev–Trinajstić information content (AvgIpc) is 3.82. The van der Waals surface area contributed by atoms with Gasteiger partial charge in [-0.2, -0.15) is 4.31 Å². The molecule has 1 aliphatic heterocycles. The predicted octanol–water partition coefficient (Wildman–Crippen LogP) is 3.35. The number of fused-ring (bicyclic) bond motifs is 1. The zero-order valence-corrected chi connectivity index (χ0v) is 42.8. The van der Waals surface area contributed by atoms with Crippen molar-refractivity contribution in [1.82, 2.24) is 30.2 Å². The number of carbonyl (C=O) groups excluding carboxylic acids is 4. The second-order valence-electron chi connectivity index (χ2n) is 19.0. The Balaban J connectivity index is 1.17. The summed E-state index contributed by atoms with van der Waals surface area (Å²) in [5.41, 5.74) is 5.69. The molecule has 0 radical (unpaired) electrons. The number of nitrogen functional groups attached to an aromatic ring is 1. The van der Waals surface area contributed by atoms with Crippen molar-refractivity contribution >= 4 is 63.8 Å². The summed E-state index contributed by atoms with van der Waals surface area (Å²) in [5, 5.41) is 26.7. The van der Waals surface area contributed by atoms with Crippen LogP contribution in [0.1, 0.15) is 104 Å². The lowest BCUT2D eigenvalue weighted by atomic mass is 9.80. The van der Waals surface area contributed by atoms with Gasteiger partial charge in [-0.3, -0.25) is 37.3 Å². The number of imidazole rings is 1. The molecule has 0 aliphatic carbocycles. The number of Topliss-reactive ketones (excluding diaryl/α,β-unsaturated/α-hetero) is 2. The van der Waals surface area contributed by atoms with Crippen molar-refractivity contribution in [2.75, 3.05) is 32.0 Å². The van der Waals surface area contributed by atoms with E-state index in [-0.39, 0.29) is 59.9 Å². The first kappa shape index (κ1) is 58.7. The van der Waals surface area contributed by atoms with Crippen molar-refractivity contribution in [3.05, 3.63) is 48.0 Å². The fourth-order valence-electron chi connectivity index (χ4n) is 7.40. The smallest absolute Gasteiger partial charge is 0.386 e. The van der Waals surface area contributed by atoms with Crippen LogP contribution in [0.4, 0.5) is 5.82 Å². The van der Waals surface area contributed by atoms with E-state index in [1.807, 2.05) is 39.8 Å². The Morgan fingerprint density at radius 3 is 2.04 bits per heavy atom. The highest BCUT2D eigenvalue weighted by molar-refractivity contribution is 7.61. The standard InChI is InChI=1S/C42H66N7O18P3/c1-26(50)40(2,3)18-10-14-27-12-8-9-13-28(27)15-11-19-41(4,5)30(51)16-20-44-31(52)17-21-45-38(55)35(54)42(6,7)23-64-70(61,62)67-69(59,60)63-22-29-34(66-68(56,57)58)33(53)39(65-29)49-25-48-32-36(43)46-24-47-37(32)49/h8-9,12-13,24-25,29,33-35,39,53-54H,10-11,14-23H2,1-7H3,(H,44,52)(H,45,55)(H,59,60)(H,61,62)(H2,43,46,47)(H2,56,57,58). The fourth-order valence-corrected chi connectivity index (χ4v) is 10.2. The van der Waals surface area contributed by atoms with E-state index in [0.29, 0.717) is 6.42 Å². The molecule has 10 N–H and O–H groups in total. The number of nitrogens with two attached hydrogens (primary N) is 1. The first-order valence-corrected chi connectivity index (χ1v) is 26.9. The van der Waals surface area contributed by atoms with Crippen molar-refractivity contribution in [3.8, 4) is 0 Å². The van der Waals surface area contributed by atoms with E-state index in [4.69, 9.17) is 19.5 Å². The molecule has 1 saturated heterocycles. The van der Waals surface area contributed by atoms with Gasteiger partial charge in [-0.15, -0.1) is 0 Å². The lowest BCUT2D eigenvalue weighted by molar-refractivity contribution is -0.137. The molecule has 70 heavy (non-hydrogen) atoms. The molecular formula is C42H66N7O18P3. The van der Waals surface area contributed by atoms with E-state index in [0.717, 1.165) is 49.3 Å². The molecule has 0 saturated carbocycles. The van der Waals surface area contributed by atoms with Crippen LogP contribution < -0.4 is 16.4 Å². The van der Waals surface area contributed by atoms with Crippen molar-refractivity contribution in [2.24, 2.45) is 16.2 Å². The van der Waals surface area contributed by atoms with Crippen molar-refractivity contribution < 1.29 is 85.3 Å².